The largest absolute Gasteiger partial charge is 0.496 e. The first-order valence-electron chi connectivity index (χ1n) is 11.2. The van der Waals surface area contributed by atoms with Crippen molar-refractivity contribution in [2.24, 2.45) is 5.41 Å². The van der Waals surface area contributed by atoms with E-state index in [0.717, 1.165) is 29.3 Å². The Bertz CT molecular complexity index is 1240. The predicted molar refractivity (Wildman–Crippen MR) is 127 cm³/mol. The van der Waals surface area contributed by atoms with Crippen LogP contribution >= 0.6 is 11.6 Å². The molecule has 9 heteroatoms. The minimum Gasteiger partial charge on any atom is -0.496 e. The highest BCUT2D eigenvalue weighted by Crippen LogP contribution is 2.44. The maximum absolute atomic E-state index is 14.2. The van der Waals surface area contributed by atoms with Crippen LogP contribution in [-0.4, -0.2) is 53.7 Å². The molecule has 176 valence electrons. The van der Waals surface area contributed by atoms with Crippen molar-refractivity contribution in [1.29, 1.82) is 0 Å². The Kier molecular flexibility index (Phi) is 5.77. The Morgan fingerprint density at radius 1 is 1.15 bits per heavy atom. The van der Waals surface area contributed by atoms with Crippen LogP contribution < -0.4 is 9.64 Å². The second kappa shape index (κ2) is 8.76. The van der Waals surface area contributed by atoms with Gasteiger partial charge < -0.3 is 14.5 Å². The molecule has 1 N–H and O–H groups in total. The average Bonchev–Trinajstić information content (AvgIpc) is 3.48. The van der Waals surface area contributed by atoms with Crippen molar-refractivity contribution in [3.05, 3.63) is 65.2 Å². The number of halogens is 2. The second-order valence-electron chi connectivity index (χ2n) is 8.78. The van der Waals surface area contributed by atoms with Gasteiger partial charge in [0.1, 0.15) is 11.6 Å². The molecule has 1 aromatic heterocycles. The summed E-state index contributed by atoms with van der Waals surface area (Å²) in [6, 6.07) is 9.79. The van der Waals surface area contributed by atoms with Gasteiger partial charge in [0.25, 0.3) is 5.91 Å². The summed E-state index contributed by atoms with van der Waals surface area (Å²) in [5, 5.41) is 7.04. The molecular weight excluding hydrogens is 459 g/mol. The molecule has 0 bridgehead atoms. The molecule has 2 fully saturated rings. The van der Waals surface area contributed by atoms with Gasteiger partial charge in [-0.3, -0.25) is 14.7 Å². The summed E-state index contributed by atoms with van der Waals surface area (Å²) in [5.74, 6) is -0.270. The molecule has 0 saturated carbocycles. The van der Waals surface area contributed by atoms with Crippen LogP contribution in [-0.2, 0) is 4.79 Å². The summed E-state index contributed by atoms with van der Waals surface area (Å²) >= 11 is 5.80. The molecule has 5 rings (SSSR count). The van der Waals surface area contributed by atoms with Crippen molar-refractivity contribution in [1.82, 2.24) is 15.1 Å². The first-order valence-corrected chi connectivity index (χ1v) is 11.5. The third-order valence-corrected chi connectivity index (χ3v) is 7.22. The SMILES string of the molecule is COc1cc(N2CCC3(CCN(C(=O)c4ccc(Cl)cc4F)CC3)C2=O)ccc1-c1cn[nH]c1. The fourth-order valence-corrected chi connectivity index (χ4v) is 5.15. The highest BCUT2D eigenvalue weighted by Gasteiger charge is 2.49. The van der Waals surface area contributed by atoms with E-state index in [-0.39, 0.29) is 22.4 Å². The topological polar surface area (TPSA) is 78.5 Å². The zero-order valence-corrected chi connectivity index (χ0v) is 19.4. The number of carbonyl (C=O) groups is 2. The van der Waals surface area contributed by atoms with E-state index in [0.29, 0.717) is 38.2 Å². The lowest BCUT2D eigenvalue weighted by Crippen LogP contribution is -2.46. The van der Waals surface area contributed by atoms with Crippen molar-refractivity contribution in [2.45, 2.75) is 19.3 Å². The molecule has 1 spiro atoms. The molecule has 7 nitrogen and oxygen atoms in total. The van der Waals surface area contributed by atoms with E-state index >= 15 is 0 Å². The highest BCUT2D eigenvalue weighted by molar-refractivity contribution is 6.30. The van der Waals surface area contributed by atoms with Gasteiger partial charge in [0.15, 0.2) is 0 Å². The van der Waals surface area contributed by atoms with E-state index in [9.17, 15) is 14.0 Å². The summed E-state index contributed by atoms with van der Waals surface area (Å²) in [6.45, 7) is 1.42. The van der Waals surface area contributed by atoms with E-state index in [2.05, 4.69) is 10.2 Å². The fraction of sp³-hybridized carbons (Fsp3) is 0.320. The number of rotatable bonds is 4. The van der Waals surface area contributed by atoms with Gasteiger partial charge in [-0.1, -0.05) is 11.6 Å². The number of aromatic nitrogens is 2. The molecule has 3 aromatic rings. The zero-order chi connectivity index (χ0) is 23.9. The summed E-state index contributed by atoms with van der Waals surface area (Å²) in [4.78, 5) is 29.8. The van der Waals surface area contributed by atoms with Crippen LogP contribution in [0.25, 0.3) is 11.1 Å². The molecule has 0 radical (unpaired) electrons. The standard InChI is InChI=1S/C25H24ClFN4O3/c1-34-22-13-18(3-5-19(22)16-14-28-29-15-16)31-11-8-25(24(31)33)6-9-30(10-7-25)23(32)20-4-2-17(26)12-21(20)27/h2-5,12-15H,6-11H2,1H3,(H,28,29). The van der Waals surface area contributed by atoms with Gasteiger partial charge in [0.2, 0.25) is 5.91 Å². The molecule has 0 aliphatic carbocycles. The molecule has 2 aliphatic heterocycles. The van der Waals surface area contributed by atoms with Gasteiger partial charge in [0, 0.05) is 53.7 Å². The van der Waals surface area contributed by atoms with Crippen molar-refractivity contribution in [2.75, 3.05) is 31.6 Å². The molecule has 3 heterocycles. The van der Waals surface area contributed by atoms with Crippen molar-refractivity contribution >= 4 is 29.1 Å². The molecular formula is C25H24ClFN4O3. The number of aromatic amines is 1. The number of benzene rings is 2. The molecule has 2 amide bonds. The van der Waals surface area contributed by atoms with Crippen molar-refractivity contribution in [3.63, 3.8) is 0 Å². The van der Waals surface area contributed by atoms with Crippen LogP contribution in [0.4, 0.5) is 10.1 Å². The third kappa shape index (κ3) is 3.81. The van der Waals surface area contributed by atoms with E-state index in [1.807, 2.05) is 18.2 Å². The molecule has 0 unspecified atom stereocenters. The Morgan fingerprint density at radius 3 is 2.59 bits per heavy atom. The Balaban J connectivity index is 1.30. The third-order valence-electron chi connectivity index (χ3n) is 6.99. The minimum absolute atomic E-state index is 0.00420. The lowest BCUT2D eigenvalue weighted by molar-refractivity contribution is -0.127. The maximum Gasteiger partial charge on any atom is 0.256 e. The van der Waals surface area contributed by atoms with Gasteiger partial charge in [-0.25, -0.2) is 4.39 Å². The van der Waals surface area contributed by atoms with Gasteiger partial charge in [-0.05, 0) is 49.6 Å². The quantitative estimate of drug-likeness (QED) is 0.592. The summed E-state index contributed by atoms with van der Waals surface area (Å²) < 4.78 is 19.8. The van der Waals surface area contributed by atoms with E-state index < -0.39 is 11.2 Å². The Hall–Kier alpha value is -3.39. The lowest BCUT2D eigenvalue weighted by atomic mass is 9.77. The van der Waals surface area contributed by atoms with E-state index in [1.165, 1.54) is 12.1 Å². The normalized spacial score (nSPS) is 17.4. The first-order chi connectivity index (χ1) is 16.4. The number of H-pyrrole nitrogens is 1. The Labute approximate surface area is 201 Å². The van der Waals surface area contributed by atoms with Gasteiger partial charge in [0.05, 0.1) is 24.3 Å². The van der Waals surface area contributed by atoms with Gasteiger partial charge >= 0.3 is 0 Å². The van der Waals surface area contributed by atoms with Crippen molar-refractivity contribution in [3.8, 4) is 16.9 Å². The van der Waals surface area contributed by atoms with Crippen LogP contribution in [0.2, 0.25) is 5.02 Å². The number of nitrogens with zero attached hydrogens (tertiary/aromatic N) is 3. The number of piperidine rings is 1. The summed E-state index contributed by atoms with van der Waals surface area (Å²) in [6.07, 6.45) is 5.33. The van der Waals surface area contributed by atoms with Crippen LogP contribution in [0.1, 0.15) is 29.6 Å². The predicted octanol–water partition coefficient (Wildman–Crippen LogP) is 4.54. The number of hydrogen-bond acceptors (Lipinski definition) is 4. The zero-order valence-electron chi connectivity index (χ0n) is 18.7. The Morgan fingerprint density at radius 2 is 1.91 bits per heavy atom. The smallest absolute Gasteiger partial charge is 0.256 e. The summed E-state index contributed by atoms with van der Waals surface area (Å²) in [5.41, 5.74) is 2.08. The van der Waals surface area contributed by atoms with Crippen molar-refractivity contribution < 1.29 is 18.7 Å². The number of nitrogens with one attached hydrogen (secondary N) is 1. The van der Waals surface area contributed by atoms with Crippen LogP contribution in [0.5, 0.6) is 5.75 Å². The van der Waals surface area contributed by atoms with Crippen LogP contribution in [0.3, 0.4) is 0 Å². The molecule has 34 heavy (non-hydrogen) atoms. The first kappa shape index (κ1) is 22.4. The number of ether oxygens (including phenoxy) is 1. The number of hydrogen-bond donors (Lipinski definition) is 1. The van der Waals surface area contributed by atoms with Gasteiger partial charge in [-0.2, -0.15) is 5.10 Å². The lowest BCUT2D eigenvalue weighted by Gasteiger charge is -2.38. The monoisotopic (exact) mass is 482 g/mol. The summed E-state index contributed by atoms with van der Waals surface area (Å²) in [7, 11) is 1.60. The molecule has 0 atom stereocenters. The number of anilines is 1. The highest BCUT2D eigenvalue weighted by atomic mass is 35.5. The molecule has 2 saturated heterocycles. The second-order valence-corrected chi connectivity index (χ2v) is 9.21. The van der Waals surface area contributed by atoms with Crippen LogP contribution in [0.15, 0.2) is 48.8 Å². The van der Waals surface area contributed by atoms with E-state index in [1.54, 1.807) is 29.3 Å². The van der Waals surface area contributed by atoms with E-state index in [4.69, 9.17) is 16.3 Å². The number of likely N-dealkylation sites (tertiary alicyclic amines) is 1. The number of amides is 2. The minimum atomic E-state index is -0.631. The average molecular weight is 483 g/mol. The molecule has 2 aliphatic rings. The van der Waals surface area contributed by atoms with Gasteiger partial charge in [-0.15, -0.1) is 0 Å². The maximum atomic E-state index is 14.2. The number of methoxy groups -OCH3 is 1. The fourth-order valence-electron chi connectivity index (χ4n) is 4.99. The number of carbonyl (C=O) groups excluding carboxylic acids is 2. The van der Waals surface area contributed by atoms with Crippen LogP contribution in [0, 0.1) is 11.2 Å². The molecule has 2 aromatic carbocycles.